The molecule has 0 radical (unpaired) electrons. The first kappa shape index (κ1) is 17.0. The van der Waals surface area contributed by atoms with Crippen LogP contribution in [0.1, 0.15) is 22.7 Å². The van der Waals surface area contributed by atoms with Crippen LogP contribution in [0.15, 0.2) is 90.7 Å². The first-order valence-corrected chi connectivity index (χ1v) is 8.74. The molecule has 3 nitrogen and oxygen atoms in total. The fraction of sp³-hybridized carbons (Fsp3) is 0.0870. The summed E-state index contributed by atoms with van der Waals surface area (Å²) in [6.07, 6.45) is 0. The molecule has 1 aliphatic heterocycles. The van der Waals surface area contributed by atoms with Crippen LogP contribution in [0, 0.1) is 5.82 Å². The number of aliphatic hydroxyl groups excluding tert-OH is 1. The van der Waals surface area contributed by atoms with Crippen molar-refractivity contribution in [2.45, 2.75) is 12.6 Å². The van der Waals surface area contributed by atoms with Crippen LogP contribution in [0.5, 0.6) is 0 Å². The van der Waals surface area contributed by atoms with E-state index in [1.165, 1.54) is 12.1 Å². The maximum atomic E-state index is 13.2. The number of benzene rings is 3. The normalized spacial score (nSPS) is 16.9. The highest BCUT2D eigenvalue weighted by atomic mass is 19.1. The van der Waals surface area contributed by atoms with Crippen molar-refractivity contribution in [1.82, 2.24) is 4.90 Å². The van der Waals surface area contributed by atoms with Crippen molar-refractivity contribution in [3.8, 4) is 0 Å². The Balaban J connectivity index is 1.79. The van der Waals surface area contributed by atoms with E-state index in [0.29, 0.717) is 5.57 Å². The minimum Gasteiger partial charge on any atom is -0.503 e. The van der Waals surface area contributed by atoms with Crippen LogP contribution in [-0.4, -0.2) is 15.9 Å². The molecular formula is C23H18FNO2. The average molecular weight is 359 g/mol. The van der Waals surface area contributed by atoms with Crippen molar-refractivity contribution in [3.05, 3.63) is 113 Å². The van der Waals surface area contributed by atoms with Crippen LogP contribution in [-0.2, 0) is 11.3 Å². The third-order valence-electron chi connectivity index (χ3n) is 4.77. The van der Waals surface area contributed by atoms with Gasteiger partial charge < -0.3 is 10.0 Å². The summed E-state index contributed by atoms with van der Waals surface area (Å²) in [7, 11) is 0. The fourth-order valence-corrected chi connectivity index (χ4v) is 3.50. The SMILES string of the molecule is O=C1C(O)=C(c2ccccc2)C(c2ccccc2)N1Cc1ccc(F)cc1. The van der Waals surface area contributed by atoms with Gasteiger partial charge in [0, 0.05) is 12.1 Å². The van der Waals surface area contributed by atoms with Gasteiger partial charge in [0.2, 0.25) is 0 Å². The van der Waals surface area contributed by atoms with E-state index < -0.39 is 11.9 Å². The van der Waals surface area contributed by atoms with E-state index in [2.05, 4.69) is 0 Å². The number of rotatable bonds is 4. The van der Waals surface area contributed by atoms with Gasteiger partial charge in [0.1, 0.15) is 5.82 Å². The molecule has 0 saturated heterocycles. The molecule has 4 rings (SSSR count). The van der Waals surface area contributed by atoms with Crippen LogP contribution in [0.2, 0.25) is 0 Å². The molecule has 134 valence electrons. The molecule has 1 atom stereocenters. The minimum absolute atomic E-state index is 0.239. The number of hydrogen-bond acceptors (Lipinski definition) is 2. The molecule has 1 heterocycles. The predicted octanol–water partition coefficient (Wildman–Crippen LogP) is 4.88. The summed E-state index contributed by atoms with van der Waals surface area (Å²) in [6.45, 7) is 0.277. The van der Waals surface area contributed by atoms with E-state index in [1.807, 2.05) is 60.7 Å². The fourth-order valence-electron chi connectivity index (χ4n) is 3.50. The second kappa shape index (κ2) is 7.08. The molecule has 1 unspecified atom stereocenters. The Morgan fingerprint density at radius 1 is 0.852 bits per heavy atom. The van der Waals surface area contributed by atoms with Crippen molar-refractivity contribution >= 4 is 11.5 Å². The van der Waals surface area contributed by atoms with Crippen molar-refractivity contribution < 1.29 is 14.3 Å². The number of aliphatic hydroxyl groups is 1. The number of carbonyl (C=O) groups excluding carboxylic acids is 1. The molecule has 0 aromatic heterocycles. The lowest BCUT2D eigenvalue weighted by molar-refractivity contribution is -0.130. The van der Waals surface area contributed by atoms with E-state index in [9.17, 15) is 14.3 Å². The lowest BCUT2D eigenvalue weighted by Crippen LogP contribution is -2.29. The molecule has 4 heteroatoms. The molecule has 3 aromatic rings. The summed E-state index contributed by atoms with van der Waals surface area (Å²) < 4.78 is 13.2. The molecule has 27 heavy (non-hydrogen) atoms. The molecule has 1 aliphatic rings. The number of halogens is 1. The van der Waals surface area contributed by atoms with Gasteiger partial charge in [0.25, 0.3) is 5.91 Å². The molecular weight excluding hydrogens is 341 g/mol. The van der Waals surface area contributed by atoms with Gasteiger partial charge in [0.05, 0.1) is 6.04 Å². The Morgan fingerprint density at radius 2 is 1.44 bits per heavy atom. The van der Waals surface area contributed by atoms with Gasteiger partial charge >= 0.3 is 0 Å². The number of carbonyl (C=O) groups is 1. The molecule has 0 saturated carbocycles. The summed E-state index contributed by atoms with van der Waals surface area (Å²) in [4.78, 5) is 14.5. The van der Waals surface area contributed by atoms with Crippen molar-refractivity contribution in [2.24, 2.45) is 0 Å². The van der Waals surface area contributed by atoms with Gasteiger partial charge in [-0.15, -0.1) is 0 Å². The number of hydrogen-bond donors (Lipinski definition) is 1. The lowest BCUT2D eigenvalue weighted by atomic mass is 9.93. The maximum Gasteiger partial charge on any atom is 0.290 e. The molecule has 0 spiro atoms. The molecule has 0 fully saturated rings. The zero-order valence-corrected chi connectivity index (χ0v) is 14.5. The third-order valence-corrected chi connectivity index (χ3v) is 4.77. The lowest BCUT2D eigenvalue weighted by Gasteiger charge is -2.27. The van der Waals surface area contributed by atoms with Crippen molar-refractivity contribution in [2.75, 3.05) is 0 Å². The van der Waals surface area contributed by atoms with Crippen LogP contribution in [0.3, 0.4) is 0 Å². The van der Waals surface area contributed by atoms with Gasteiger partial charge in [-0.3, -0.25) is 4.79 Å². The topological polar surface area (TPSA) is 40.5 Å². The smallest absolute Gasteiger partial charge is 0.290 e. The van der Waals surface area contributed by atoms with Crippen LogP contribution in [0.4, 0.5) is 4.39 Å². The zero-order valence-electron chi connectivity index (χ0n) is 14.5. The summed E-state index contributed by atoms with van der Waals surface area (Å²) in [5, 5.41) is 10.7. The maximum absolute atomic E-state index is 13.2. The highest BCUT2D eigenvalue weighted by Crippen LogP contribution is 2.43. The van der Waals surface area contributed by atoms with E-state index in [4.69, 9.17) is 0 Å². The van der Waals surface area contributed by atoms with Gasteiger partial charge in [-0.05, 0) is 28.8 Å². The average Bonchev–Trinajstić information content (AvgIpc) is 2.96. The number of amides is 1. The van der Waals surface area contributed by atoms with Crippen molar-refractivity contribution in [3.63, 3.8) is 0 Å². The Bertz CT molecular complexity index is 982. The summed E-state index contributed by atoms with van der Waals surface area (Å²) in [6, 6.07) is 24.7. The highest BCUT2D eigenvalue weighted by molar-refractivity contribution is 6.05. The third kappa shape index (κ3) is 3.22. The van der Waals surface area contributed by atoms with E-state index in [0.717, 1.165) is 16.7 Å². The Labute approximate surface area is 157 Å². The Kier molecular flexibility index (Phi) is 4.47. The van der Waals surface area contributed by atoms with E-state index in [-0.39, 0.29) is 18.1 Å². The summed E-state index contributed by atoms with van der Waals surface area (Å²) >= 11 is 0. The van der Waals surface area contributed by atoms with Crippen LogP contribution < -0.4 is 0 Å². The van der Waals surface area contributed by atoms with E-state index in [1.54, 1.807) is 17.0 Å². The van der Waals surface area contributed by atoms with Gasteiger partial charge in [-0.1, -0.05) is 72.8 Å². The Morgan fingerprint density at radius 3 is 2.07 bits per heavy atom. The second-order valence-corrected chi connectivity index (χ2v) is 6.50. The first-order valence-electron chi connectivity index (χ1n) is 8.74. The molecule has 1 N–H and O–H groups in total. The highest BCUT2D eigenvalue weighted by Gasteiger charge is 2.40. The largest absolute Gasteiger partial charge is 0.503 e. The van der Waals surface area contributed by atoms with Gasteiger partial charge in [-0.2, -0.15) is 0 Å². The van der Waals surface area contributed by atoms with Gasteiger partial charge in [-0.25, -0.2) is 4.39 Å². The Hall–Kier alpha value is -3.40. The molecule has 0 aliphatic carbocycles. The van der Waals surface area contributed by atoms with E-state index >= 15 is 0 Å². The summed E-state index contributed by atoms with van der Waals surface area (Å²) in [5.74, 6) is -0.985. The van der Waals surface area contributed by atoms with Crippen LogP contribution in [0.25, 0.3) is 5.57 Å². The summed E-state index contributed by atoms with van der Waals surface area (Å²) in [5.41, 5.74) is 3.11. The molecule has 3 aromatic carbocycles. The quantitative estimate of drug-likeness (QED) is 0.721. The van der Waals surface area contributed by atoms with Crippen LogP contribution >= 0.6 is 0 Å². The monoisotopic (exact) mass is 359 g/mol. The van der Waals surface area contributed by atoms with Gasteiger partial charge in [0.15, 0.2) is 5.76 Å². The number of nitrogens with zero attached hydrogens (tertiary/aromatic N) is 1. The minimum atomic E-state index is -0.424. The molecule has 0 bridgehead atoms. The predicted molar refractivity (Wildman–Crippen MR) is 102 cm³/mol. The standard InChI is InChI=1S/C23H18FNO2/c24-19-13-11-16(12-14-19)15-25-21(18-9-5-2-6-10-18)20(22(26)23(25)27)17-7-3-1-4-8-17/h1-14,21,26H,15H2. The zero-order chi connectivity index (χ0) is 18.8. The van der Waals surface area contributed by atoms with Crippen molar-refractivity contribution in [1.29, 1.82) is 0 Å². The first-order chi connectivity index (χ1) is 13.1. The second-order valence-electron chi connectivity index (χ2n) is 6.50. The molecule has 1 amide bonds.